The third kappa shape index (κ3) is 2.57. The van der Waals surface area contributed by atoms with E-state index in [0.717, 1.165) is 18.8 Å². The molecule has 13 heavy (non-hydrogen) atoms. The van der Waals surface area contributed by atoms with E-state index in [-0.39, 0.29) is 12.3 Å². The summed E-state index contributed by atoms with van der Waals surface area (Å²) in [5, 5.41) is 8.51. The van der Waals surface area contributed by atoms with E-state index in [9.17, 15) is 4.79 Å². The molecular weight excluding hydrogens is 168 g/mol. The van der Waals surface area contributed by atoms with Gasteiger partial charge in [-0.2, -0.15) is 0 Å². The Morgan fingerprint density at radius 2 is 2.38 bits per heavy atom. The summed E-state index contributed by atoms with van der Waals surface area (Å²) in [6.45, 7) is 5.39. The third-order valence-corrected chi connectivity index (χ3v) is 2.10. The molecule has 0 spiro atoms. The lowest BCUT2D eigenvalue weighted by molar-refractivity contribution is -0.139. The molecule has 0 atom stereocenters. The highest BCUT2D eigenvalue weighted by Crippen LogP contribution is 2.21. The zero-order chi connectivity index (χ0) is 9.84. The van der Waals surface area contributed by atoms with Crippen molar-refractivity contribution in [2.45, 2.75) is 6.42 Å². The summed E-state index contributed by atoms with van der Waals surface area (Å²) in [6.07, 6.45) is 1.95. The number of aliphatic carboxylic acids is 1. The Morgan fingerprint density at radius 3 is 2.85 bits per heavy atom. The summed E-state index contributed by atoms with van der Waals surface area (Å²) in [5.41, 5.74) is 0.865. The van der Waals surface area contributed by atoms with Gasteiger partial charge in [-0.1, -0.05) is 6.58 Å². The smallest absolute Gasteiger partial charge is 0.303 e. The number of aliphatic imine (C=N–C) groups is 1. The van der Waals surface area contributed by atoms with Gasteiger partial charge in [-0.05, 0) is 0 Å². The van der Waals surface area contributed by atoms with Crippen molar-refractivity contribution in [1.82, 2.24) is 4.90 Å². The van der Waals surface area contributed by atoms with Gasteiger partial charge < -0.3 is 10.0 Å². The number of hydrogen-bond acceptors (Lipinski definition) is 3. The standard InChI is InChI=1S/C9H14N2O2/c1-7(4-10-2)11-5-8(6-11)3-9(12)13/h4,8H,1,3,5-6H2,2H3,(H,12,13). The molecule has 1 aliphatic rings. The molecule has 1 N–H and O–H groups in total. The third-order valence-electron chi connectivity index (χ3n) is 2.10. The van der Waals surface area contributed by atoms with Gasteiger partial charge in [-0.3, -0.25) is 9.79 Å². The molecule has 1 heterocycles. The Morgan fingerprint density at radius 1 is 1.77 bits per heavy atom. The van der Waals surface area contributed by atoms with Crippen molar-refractivity contribution >= 4 is 12.2 Å². The van der Waals surface area contributed by atoms with Gasteiger partial charge in [-0.25, -0.2) is 0 Å². The predicted molar refractivity (Wildman–Crippen MR) is 50.9 cm³/mol. The molecule has 1 rings (SSSR count). The molecule has 1 aliphatic heterocycles. The minimum atomic E-state index is -0.723. The quantitative estimate of drug-likeness (QED) is 0.648. The highest BCUT2D eigenvalue weighted by molar-refractivity contribution is 5.77. The molecule has 72 valence electrons. The number of allylic oxidation sites excluding steroid dienone is 1. The van der Waals surface area contributed by atoms with Crippen molar-refractivity contribution in [2.75, 3.05) is 20.1 Å². The summed E-state index contributed by atoms with van der Waals surface area (Å²) in [6, 6.07) is 0. The average molecular weight is 182 g/mol. The number of hydrogen-bond donors (Lipinski definition) is 1. The van der Waals surface area contributed by atoms with E-state index < -0.39 is 5.97 Å². The van der Waals surface area contributed by atoms with Crippen molar-refractivity contribution in [3.05, 3.63) is 12.3 Å². The number of carbonyl (C=O) groups is 1. The van der Waals surface area contributed by atoms with Crippen LogP contribution >= 0.6 is 0 Å². The first kappa shape index (κ1) is 9.77. The van der Waals surface area contributed by atoms with Crippen LogP contribution in [0.3, 0.4) is 0 Å². The molecule has 0 amide bonds. The van der Waals surface area contributed by atoms with Gasteiger partial charge in [0.15, 0.2) is 0 Å². The topological polar surface area (TPSA) is 52.9 Å². The van der Waals surface area contributed by atoms with E-state index in [1.54, 1.807) is 13.3 Å². The first-order valence-electron chi connectivity index (χ1n) is 4.21. The largest absolute Gasteiger partial charge is 0.481 e. The fourth-order valence-electron chi connectivity index (χ4n) is 1.41. The molecule has 0 aromatic heterocycles. The molecule has 0 radical (unpaired) electrons. The maximum Gasteiger partial charge on any atom is 0.303 e. The van der Waals surface area contributed by atoms with Crippen LogP contribution in [0.1, 0.15) is 6.42 Å². The highest BCUT2D eigenvalue weighted by Gasteiger charge is 2.28. The SMILES string of the molecule is C=C(C=NC)N1CC(CC(=O)O)C1. The molecule has 4 nitrogen and oxygen atoms in total. The Hall–Kier alpha value is -1.32. The lowest BCUT2D eigenvalue weighted by Crippen LogP contribution is -2.46. The molecule has 0 unspecified atom stereocenters. The van der Waals surface area contributed by atoms with Gasteiger partial charge in [-0.15, -0.1) is 0 Å². The van der Waals surface area contributed by atoms with Crippen LogP contribution < -0.4 is 0 Å². The van der Waals surface area contributed by atoms with Gasteiger partial charge in [0.05, 0.1) is 6.42 Å². The van der Waals surface area contributed by atoms with Gasteiger partial charge in [0.1, 0.15) is 0 Å². The Labute approximate surface area is 77.6 Å². The average Bonchev–Trinajstić information content (AvgIpc) is 1.95. The first-order valence-corrected chi connectivity index (χ1v) is 4.21. The molecule has 0 aliphatic carbocycles. The summed E-state index contributed by atoms with van der Waals surface area (Å²) in [5.74, 6) is -0.445. The van der Waals surface area contributed by atoms with Crippen LogP contribution in [0.25, 0.3) is 0 Å². The Bertz CT molecular complexity index is 242. The van der Waals surface area contributed by atoms with Crippen LogP contribution in [-0.2, 0) is 4.79 Å². The fourth-order valence-corrected chi connectivity index (χ4v) is 1.41. The summed E-state index contributed by atoms with van der Waals surface area (Å²) in [7, 11) is 1.69. The lowest BCUT2D eigenvalue weighted by Gasteiger charge is -2.40. The van der Waals surface area contributed by atoms with Crippen LogP contribution in [-0.4, -0.2) is 42.3 Å². The Kier molecular flexibility index (Phi) is 3.06. The minimum Gasteiger partial charge on any atom is -0.481 e. The minimum absolute atomic E-state index is 0.257. The molecule has 0 saturated carbocycles. The van der Waals surface area contributed by atoms with Gasteiger partial charge in [0, 0.05) is 38.0 Å². The van der Waals surface area contributed by atoms with Crippen molar-refractivity contribution in [2.24, 2.45) is 10.9 Å². The maximum atomic E-state index is 10.3. The fraction of sp³-hybridized carbons (Fsp3) is 0.556. The maximum absolute atomic E-state index is 10.3. The number of nitrogens with zero attached hydrogens (tertiary/aromatic N) is 2. The second-order valence-electron chi connectivity index (χ2n) is 3.25. The molecule has 0 aromatic carbocycles. The summed E-state index contributed by atoms with van der Waals surface area (Å²) in [4.78, 5) is 16.2. The molecule has 0 aromatic rings. The lowest BCUT2D eigenvalue weighted by atomic mass is 9.96. The van der Waals surface area contributed by atoms with Gasteiger partial charge in [0.2, 0.25) is 0 Å². The molecule has 1 saturated heterocycles. The van der Waals surface area contributed by atoms with E-state index in [2.05, 4.69) is 11.6 Å². The molecule has 1 fully saturated rings. The monoisotopic (exact) mass is 182 g/mol. The second kappa shape index (κ2) is 4.07. The van der Waals surface area contributed by atoms with Crippen LogP contribution in [0, 0.1) is 5.92 Å². The second-order valence-corrected chi connectivity index (χ2v) is 3.25. The highest BCUT2D eigenvalue weighted by atomic mass is 16.4. The number of carboxylic acid groups (broad SMARTS) is 1. The zero-order valence-electron chi connectivity index (χ0n) is 7.73. The number of likely N-dealkylation sites (tertiary alicyclic amines) is 1. The zero-order valence-corrected chi connectivity index (χ0v) is 7.73. The number of rotatable bonds is 4. The van der Waals surface area contributed by atoms with Gasteiger partial charge in [0.25, 0.3) is 0 Å². The predicted octanol–water partition coefficient (Wildman–Crippen LogP) is 0.607. The summed E-state index contributed by atoms with van der Waals surface area (Å²) < 4.78 is 0. The van der Waals surface area contributed by atoms with Crippen LogP contribution in [0.4, 0.5) is 0 Å². The van der Waals surface area contributed by atoms with E-state index >= 15 is 0 Å². The normalized spacial score (nSPS) is 17.5. The van der Waals surface area contributed by atoms with Crippen molar-refractivity contribution < 1.29 is 9.90 Å². The van der Waals surface area contributed by atoms with Gasteiger partial charge >= 0.3 is 5.97 Å². The van der Waals surface area contributed by atoms with E-state index in [0.29, 0.717) is 0 Å². The van der Waals surface area contributed by atoms with Crippen molar-refractivity contribution in [3.63, 3.8) is 0 Å². The van der Waals surface area contributed by atoms with Crippen molar-refractivity contribution in [3.8, 4) is 0 Å². The van der Waals surface area contributed by atoms with Crippen LogP contribution in [0.15, 0.2) is 17.3 Å². The van der Waals surface area contributed by atoms with Crippen molar-refractivity contribution in [1.29, 1.82) is 0 Å². The van der Waals surface area contributed by atoms with Crippen LogP contribution in [0.5, 0.6) is 0 Å². The molecular formula is C9H14N2O2. The summed E-state index contributed by atoms with van der Waals surface area (Å²) >= 11 is 0. The number of carboxylic acids is 1. The molecule has 0 bridgehead atoms. The Balaban J connectivity index is 2.25. The molecule has 4 heteroatoms. The van der Waals surface area contributed by atoms with E-state index in [4.69, 9.17) is 5.11 Å². The van der Waals surface area contributed by atoms with Crippen LogP contribution in [0.2, 0.25) is 0 Å². The first-order chi connectivity index (χ1) is 6.13. The van der Waals surface area contributed by atoms with E-state index in [1.807, 2.05) is 4.90 Å². The van der Waals surface area contributed by atoms with E-state index in [1.165, 1.54) is 0 Å².